The van der Waals surface area contributed by atoms with E-state index in [1.807, 2.05) is 65.3 Å². The van der Waals surface area contributed by atoms with E-state index in [1.165, 1.54) is 0 Å². The zero-order chi connectivity index (χ0) is 22.6. The van der Waals surface area contributed by atoms with Gasteiger partial charge in [-0.15, -0.1) is 0 Å². The van der Waals surface area contributed by atoms with E-state index in [2.05, 4.69) is 21.0 Å². The average Bonchev–Trinajstić information content (AvgIpc) is 3.44. The molecule has 0 radical (unpaired) electrons. The maximum Gasteiger partial charge on any atom is 0.323 e. The summed E-state index contributed by atoms with van der Waals surface area (Å²) < 4.78 is 1.88. The third kappa shape index (κ3) is 4.48. The molecule has 1 aliphatic rings. The van der Waals surface area contributed by atoms with Gasteiger partial charge in [-0.2, -0.15) is 5.10 Å². The van der Waals surface area contributed by atoms with Crippen LogP contribution in [0.25, 0.3) is 5.69 Å². The number of carbonyl (C=O) groups is 2. The van der Waals surface area contributed by atoms with Gasteiger partial charge in [0.2, 0.25) is 0 Å². The molecule has 3 amide bonds. The van der Waals surface area contributed by atoms with Crippen LogP contribution in [-0.2, 0) is 12.8 Å². The van der Waals surface area contributed by atoms with Crippen LogP contribution >= 0.6 is 0 Å². The molecule has 0 saturated carbocycles. The molecule has 0 bridgehead atoms. The molecule has 5 rings (SSSR count). The van der Waals surface area contributed by atoms with Crippen LogP contribution in [0.3, 0.4) is 0 Å². The second kappa shape index (κ2) is 9.00. The normalized spacial score (nSPS) is 12.1. The zero-order valence-electron chi connectivity index (χ0n) is 17.9. The molecular weight excluding hydrogens is 414 g/mol. The first-order valence-corrected chi connectivity index (χ1v) is 10.9. The minimum atomic E-state index is -0.333. The fraction of sp³-hybridized carbons (Fsp3) is 0.115. The fourth-order valence-corrected chi connectivity index (χ4v) is 4.04. The average molecular weight is 438 g/mol. The van der Waals surface area contributed by atoms with Gasteiger partial charge >= 0.3 is 6.03 Å². The molecule has 1 aliphatic carbocycles. The lowest BCUT2D eigenvalue weighted by Gasteiger charge is -2.09. The van der Waals surface area contributed by atoms with Crippen molar-refractivity contribution in [2.45, 2.75) is 19.3 Å². The van der Waals surface area contributed by atoms with Gasteiger partial charge in [0.1, 0.15) is 0 Å². The molecule has 7 heteroatoms. The summed E-state index contributed by atoms with van der Waals surface area (Å²) in [5.41, 5.74) is 5.52. The van der Waals surface area contributed by atoms with Crippen LogP contribution in [0.2, 0.25) is 0 Å². The summed E-state index contributed by atoms with van der Waals surface area (Å²) in [5, 5.41) is 13.1. The van der Waals surface area contributed by atoms with Gasteiger partial charge in [0.15, 0.2) is 5.69 Å². The predicted molar refractivity (Wildman–Crippen MR) is 129 cm³/mol. The molecule has 0 unspecified atom stereocenters. The van der Waals surface area contributed by atoms with E-state index >= 15 is 0 Å². The summed E-state index contributed by atoms with van der Waals surface area (Å²) in [6, 6.07) is 25.8. The van der Waals surface area contributed by atoms with E-state index in [9.17, 15) is 9.59 Å². The van der Waals surface area contributed by atoms with Crippen LogP contribution in [0, 0.1) is 0 Å². The summed E-state index contributed by atoms with van der Waals surface area (Å²) in [4.78, 5) is 25.2. The van der Waals surface area contributed by atoms with E-state index in [-0.39, 0.29) is 11.9 Å². The number of urea groups is 1. The van der Waals surface area contributed by atoms with Crippen molar-refractivity contribution in [1.29, 1.82) is 0 Å². The van der Waals surface area contributed by atoms with Gasteiger partial charge in [0.05, 0.1) is 5.69 Å². The lowest BCUT2D eigenvalue weighted by Crippen LogP contribution is -2.19. The SMILES string of the molecule is O=C(Nc1ccccc1)Nc1ccc(NC(=O)c2nn(-c3ccccc3)c3c2CCC3)cc1. The summed E-state index contributed by atoms with van der Waals surface area (Å²) in [7, 11) is 0. The Morgan fingerprint density at radius 1 is 0.697 bits per heavy atom. The summed E-state index contributed by atoms with van der Waals surface area (Å²) in [6.45, 7) is 0. The van der Waals surface area contributed by atoms with Crippen LogP contribution in [0.4, 0.5) is 21.9 Å². The smallest absolute Gasteiger partial charge is 0.321 e. The molecule has 3 aromatic carbocycles. The highest BCUT2D eigenvalue weighted by Gasteiger charge is 2.27. The van der Waals surface area contributed by atoms with Gasteiger partial charge in [0, 0.05) is 28.3 Å². The Hall–Kier alpha value is -4.39. The highest BCUT2D eigenvalue weighted by molar-refractivity contribution is 6.04. The maximum absolute atomic E-state index is 13.0. The Morgan fingerprint density at radius 2 is 1.27 bits per heavy atom. The van der Waals surface area contributed by atoms with Gasteiger partial charge < -0.3 is 16.0 Å². The lowest BCUT2D eigenvalue weighted by molar-refractivity contribution is 0.102. The molecule has 3 N–H and O–H groups in total. The summed E-state index contributed by atoms with van der Waals surface area (Å²) in [5.74, 6) is -0.231. The second-order valence-electron chi connectivity index (χ2n) is 7.85. The highest BCUT2D eigenvalue weighted by atomic mass is 16.2. The van der Waals surface area contributed by atoms with Crippen molar-refractivity contribution < 1.29 is 9.59 Å². The number of fused-ring (bicyclic) bond motifs is 1. The van der Waals surface area contributed by atoms with Gasteiger partial charge in [-0.3, -0.25) is 4.79 Å². The quantitative estimate of drug-likeness (QED) is 0.398. The Bertz CT molecular complexity index is 1280. The summed E-state index contributed by atoms with van der Waals surface area (Å²) >= 11 is 0. The third-order valence-electron chi connectivity index (χ3n) is 5.58. The van der Waals surface area contributed by atoms with E-state index in [4.69, 9.17) is 0 Å². The van der Waals surface area contributed by atoms with Crippen molar-refractivity contribution in [1.82, 2.24) is 9.78 Å². The molecule has 0 saturated heterocycles. The van der Waals surface area contributed by atoms with Crippen molar-refractivity contribution in [3.63, 3.8) is 0 Å². The Kier molecular flexibility index (Phi) is 5.59. The van der Waals surface area contributed by atoms with Crippen molar-refractivity contribution >= 4 is 29.0 Å². The first-order valence-electron chi connectivity index (χ1n) is 10.9. The molecule has 0 atom stereocenters. The highest BCUT2D eigenvalue weighted by Crippen LogP contribution is 2.28. The van der Waals surface area contributed by atoms with E-state index < -0.39 is 0 Å². The lowest BCUT2D eigenvalue weighted by atomic mass is 10.2. The monoisotopic (exact) mass is 437 g/mol. The van der Waals surface area contributed by atoms with Crippen LogP contribution in [0.15, 0.2) is 84.9 Å². The minimum Gasteiger partial charge on any atom is -0.321 e. The molecule has 0 spiro atoms. The van der Waals surface area contributed by atoms with Crippen LogP contribution in [0.5, 0.6) is 0 Å². The van der Waals surface area contributed by atoms with Gasteiger partial charge in [-0.25, -0.2) is 9.48 Å². The number of benzene rings is 3. The number of nitrogens with zero attached hydrogens (tertiary/aromatic N) is 2. The van der Waals surface area contributed by atoms with Crippen LogP contribution in [0.1, 0.15) is 28.2 Å². The number of anilines is 3. The topological polar surface area (TPSA) is 88.1 Å². The van der Waals surface area contributed by atoms with Gasteiger partial charge in [-0.05, 0) is 67.8 Å². The van der Waals surface area contributed by atoms with Gasteiger partial charge in [-0.1, -0.05) is 36.4 Å². The molecule has 4 aromatic rings. The molecule has 0 aliphatic heterocycles. The third-order valence-corrected chi connectivity index (χ3v) is 5.58. The largest absolute Gasteiger partial charge is 0.323 e. The second-order valence-corrected chi connectivity index (χ2v) is 7.85. The summed E-state index contributed by atoms with van der Waals surface area (Å²) in [6.07, 6.45) is 2.78. The number of para-hydroxylation sites is 2. The predicted octanol–water partition coefficient (Wildman–Crippen LogP) is 5.26. The minimum absolute atomic E-state index is 0.231. The maximum atomic E-state index is 13.0. The number of nitrogens with one attached hydrogen (secondary N) is 3. The first-order chi connectivity index (χ1) is 16.2. The Balaban J connectivity index is 1.27. The van der Waals surface area contributed by atoms with E-state index in [0.29, 0.717) is 22.8 Å². The fourth-order valence-electron chi connectivity index (χ4n) is 4.04. The molecule has 1 aromatic heterocycles. The standard InChI is InChI=1S/C26H23N5O2/c32-25(24-22-12-7-13-23(22)31(30-24)21-10-5-2-6-11-21)27-19-14-16-20(17-15-19)29-26(33)28-18-8-3-1-4-9-18/h1-6,8-11,14-17H,7,12-13H2,(H,27,32)(H2,28,29,33). The van der Waals surface area contributed by atoms with E-state index in [0.717, 1.165) is 36.2 Å². The van der Waals surface area contributed by atoms with Crippen LogP contribution < -0.4 is 16.0 Å². The first kappa shape index (κ1) is 20.5. The van der Waals surface area contributed by atoms with Crippen LogP contribution in [-0.4, -0.2) is 21.7 Å². The molecule has 33 heavy (non-hydrogen) atoms. The molecule has 0 fully saturated rings. The van der Waals surface area contributed by atoms with Crippen molar-refractivity contribution in [3.05, 3.63) is 102 Å². The molecule has 7 nitrogen and oxygen atoms in total. The molecular formula is C26H23N5O2. The number of carbonyl (C=O) groups excluding carboxylic acids is 2. The number of aromatic nitrogens is 2. The zero-order valence-corrected chi connectivity index (χ0v) is 17.9. The number of amides is 3. The molecule has 1 heterocycles. The Labute approximate surface area is 191 Å². The number of rotatable bonds is 5. The number of hydrogen-bond donors (Lipinski definition) is 3. The van der Waals surface area contributed by atoms with Gasteiger partial charge in [0.25, 0.3) is 5.91 Å². The van der Waals surface area contributed by atoms with E-state index in [1.54, 1.807) is 24.3 Å². The van der Waals surface area contributed by atoms with Crippen molar-refractivity contribution in [2.75, 3.05) is 16.0 Å². The van der Waals surface area contributed by atoms with Crippen molar-refractivity contribution in [2.24, 2.45) is 0 Å². The molecule has 164 valence electrons. The number of hydrogen-bond acceptors (Lipinski definition) is 3. The van der Waals surface area contributed by atoms with Crippen molar-refractivity contribution in [3.8, 4) is 5.69 Å². The Morgan fingerprint density at radius 3 is 1.94 bits per heavy atom.